The molecule has 20 heavy (non-hydrogen) atoms. The van der Waals surface area contributed by atoms with Crippen LogP contribution in [-0.2, 0) is 11.3 Å². The second-order valence-corrected chi connectivity index (χ2v) is 5.37. The van der Waals surface area contributed by atoms with Crippen molar-refractivity contribution in [2.45, 2.75) is 26.3 Å². The summed E-state index contributed by atoms with van der Waals surface area (Å²) in [6.45, 7) is 5.16. The van der Waals surface area contributed by atoms with E-state index in [1.807, 2.05) is 7.05 Å². The molecule has 1 amide bonds. The Balaban J connectivity index is 2.34. The third kappa shape index (κ3) is 5.72. The third-order valence-corrected chi connectivity index (χ3v) is 3.53. The molecule has 0 spiro atoms. The van der Waals surface area contributed by atoms with Crippen LogP contribution in [0.4, 0.5) is 0 Å². The fraction of sp³-hybridized carbons (Fsp3) is 0.562. The fourth-order valence-electron chi connectivity index (χ4n) is 2.09. The van der Waals surface area contributed by atoms with Gasteiger partial charge in [-0.1, -0.05) is 24.3 Å². The maximum Gasteiger partial charge on any atom is 0.223 e. The number of carbonyl (C=O) groups excluding carboxylic acids is 1. The highest BCUT2D eigenvalue weighted by Crippen LogP contribution is 2.09. The summed E-state index contributed by atoms with van der Waals surface area (Å²) in [6.07, 6.45) is 1.42. The second kappa shape index (κ2) is 8.72. The Morgan fingerprint density at radius 2 is 1.90 bits per heavy atom. The minimum Gasteiger partial charge on any atom is -0.346 e. The topological polar surface area (TPSA) is 49.6 Å². The number of hydrogen-bond donors (Lipinski definition) is 1. The largest absolute Gasteiger partial charge is 0.346 e. The highest BCUT2D eigenvalue weighted by Gasteiger charge is 2.10. The Labute approximate surface area is 122 Å². The summed E-state index contributed by atoms with van der Waals surface area (Å²) in [7, 11) is 3.90. The van der Waals surface area contributed by atoms with Crippen LogP contribution in [0.5, 0.6) is 0 Å². The number of rotatable bonds is 8. The zero-order valence-electron chi connectivity index (χ0n) is 12.9. The monoisotopic (exact) mass is 277 g/mol. The van der Waals surface area contributed by atoms with E-state index < -0.39 is 0 Å². The lowest BCUT2D eigenvalue weighted by molar-refractivity contribution is -0.130. The number of nitrogens with zero attached hydrogens (tertiary/aromatic N) is 2. The molecule has 0 aliphatic rings. The minimum absolute atomic E-state index is 0.190. The highest BCUT2D eigenvalue weighted by atomic mass is 16.2. The summed E-state index contributed by atoms with van der Waals surface area (Å²) >= 11 is 0. The maximum absolute atomic E-state index is 11.9. The van der Waals surface area contributed by atoms with Gasteiger partial charge in [0.25, 0.3) is 0 Å². The van der Waals surface area contributed by atoms with Gasteiger partial charge in [0.1, 0.15) is 0 Å². The number of carbonyl (C=O) groups is 1. The summed E-state index contributed by atoms with van der Waals surface area (Å²) in [5.74, 6) is 0.190. The first kappa shape index (κ1) is 16.7. The number of amides is 1. The highest BCUT2D eigenvalue weighted by molar-refractivity contribution is 5.76. The van der Waals surface area contributed by atoms with E-state index in [-0.39, 0.29) is 5.91 Å². The van der Waals surface area contributed by atoms with Gasteiger partial charge in [-0.2, -0.15) is 0 Å². The molecule has 0 fully saturated rings. The summed E-state index contributed by atoms with van der Waals surface area (Å²) in [5.41, 5.74) is 8.07. The standard InChI is InChI=1S/C16H27N3O/c1-14-7-4-5-8-15(14)13-18(2)12-9-16(20)19(3)11-6-10-17/h4-5,7-8H,6,9-13,17H2,1-3H3. The summed E-state index contributed by atoms with van der Waals surface area (Å²) in [4.78, 5) is 15.9. The van der Waals surface area contributed by atoms with E-state index in [2.05, 4.69) is 43.1 Å². The molecule has 0 heterocycles. The van der Waals surface area contributed by atoms with Crippen molar-refractivity contribution in [1.29, 1.82) is 0 Å². The van der Waals surface area contributed by atoms with Crippen molar-refractivity contribution >= 4 is 5.91 Å². The van der Waals surface area contributed by atoms with Crippen LogP contribution in [0.3, 0.4) is 0 Å². The van der Waals surface area contributed by atoms with Gasteiger partial charge in [0.2, 0.25) is 5.91 Å². The Kier molecular flexibility index (Phi) is 7.26. The molecule has 0 bridgehead atoms. The number of aryl methyl sites for hydroxylation is 1. The molecule has 0 saturated carbocycles. The molecule has 2 N–H and O–H groups in total. The molecule has 0 aromatic heterocycles. The molecule has 1 aromatic carbocycles. The Morgan fingerprint density at radius 1 is 1.20 bits per heavy atom. The summed E-state index contributed by atoms with van der Waals surface area (Å²) < 4.78 is 0. The van der Waals surface area contributed by atoms with Crippen LogP contribution < -0.4 is 5.73 Å². The van der Waals surface area contributed by atoms with Crippen LogP contribution in [-0.4, -0.2) is 49.4 Å². The van der Waals surface area contributed by atoms with Gasteiger partial charge in [-0.25, -0.2) is 0 Å². The molecular formula is C16H27N3O. The Morgan fingerprint density at radius 3 is 2.55 bits per heavy atom. The van der Waals surface area contributed by atoms with E-state index in [1.165, 1.54) is 11.1 Å². The average Bonchev–Trinajstić information content (AvgIpc) is 2.44. The SMILES string of the molecule is Cc1ccccc1CN(C)CCC(=O)N(C)CCCN. The quantitative estimate of drug-likeness (QED) is 0.785. The van der Waals surface area contributed by atoms with E-state index in [4.69, 9.17) is 5.73 Å². The normalized spacial score (nSPS) is 10.8. The van der Waals surface area contributed by atoms with Crippen molar-refractivity contribution in [3.8, 4) is 0 Å². The average molecular weight is 277 g/mol. The third-order valence-electron chi connectivity index (χ3n) is 3.53. The van der Waals surface area contributed by atoms with Crippen molar-refractivity contribution in [1.82, 2.24) is 9.80 Å². The van der Waals surface area contributed by atoms with Gasteiger partial charge in [-0.15, -0.1) is 0 Å². The van der Waals surface area contributed by atoms with Crippen LogP contribution in [0.2, 0.25) is 0 Å². The lowest BCUT2D eigenvalue weighted by Gasteiger charge is -2.21. The number of hydrogen-bond acceptors (Lipinski definition) is 3. The van der Waals surface area contributed by atoms with Gasteiger partial charge in [0.05, 0.1) is 0 Å². The van der Waals surface area contributed by atoms with Crippen LogP contribution >= 0.6 is 0 Å². The van der Waals surface area contributed by atoms with Crippen molar-refractivity contribution in [2.24, 2.45) is 5.73 Å². The smallest absolute Gasteiger partial charge is 0.223 e. The van der Waals surface area contributed by atoms with Gasteiger partial charge >= 0.3 is 0 Å². The zero-order chi connectivity index (χ0) is 15.0. The summed E-state index contributed by atoms with van der Waals surface area (Å²) in [5, 5.41) is 0. The van der Waals surface area contributed by atoms with Crippen molar-refractivity contribution in [3.63, 3.8) is 0 Å². The van der Waals surface area contributed by atoms with Gasteiger partial charge in [-0.05, 0) is 38.1 Å². The molecule has 1 aromatic rings. The zero-order valence-corrected chi connectivity index (χ0v) is 12.9. The molecule has 0 aliphatic heterocycles. The van der Waals surface area contributed by atoms with E-state index in [0.29, 0.717) is 13.0 Å². The van der Waals surface area contributed by atoms with Crippen LogP contribution in [0.15, 0.2) is 24.3 Å². The lowest BCUT2D eigenvalue weighted by atomic mass is 10.1. The van der Waals surface area contributed by atoms with E-state index in [9.17, 15) is 4.79 Å². The van der Waals surface area contributed by atoms with Gasteiger partial charge in [0, 0.05) is 33.1 Å². The number of benzene rings is 1. The van der Waals surface area contributed by atoms with Crippen molar-refractivity contribution in [3.05, 3.63) is 35.4 Å². The van der Waals surface area contributed by atoms with Crippen LogP contribution in [0.1, 0.15) is 24.0 Å². The minimum atomic E-state index is 0.190. The first-order valence-corrected chi connectivity index (χ1v) is 7.21. The Hall–Kier alpha value is -1.39. The molecule has 1 rings (SSSR count). The first-order chi connectivity index (χ1) is 9.54. The predicted molar refractivity (Wildman–Crippen MR) is 83.4 cm³/mol. The fourth-order valence-corrected chi connectivity index (χ4v) is 2.09. The first-order valence-electron chi connectivity index (χ1n) is 7.21. The van der Waals surface area contributed by atoms with Gasteiger partial charge in [0.15, 0.2) is 0 Å². The van der Waals surface area contributed by atoms with Gasteiger partial charge in [-0.3, -0.25) is 4.79 Å². The molecule has 0 unspecified atom stereocenters. The second-order valence-electron chi connectivity index (χ2n) is 5.37. The molecule has 4 heteroatoms. The molecule has 112 valence electrons. The van der Waals surface area contributed by atoms with E-state index >= 15 is 0 Å². The molecule has 4 nitrogen and oxygen atoms in total. The van der Waals surface area contributed by atoms with Crippen LogP contribution in [0, 0.1) is 6.92 Å². The molecule has 0 aliphatic carbocycles. The maximum atomic E-state index is 11.9. The molecule has 0 saturated heterocycles. The molecule has 0 atom stereocenters. The van der Waals surface area contributed by atoms with Crippen molar-refractivity contribution < 1.29 is 4.79 Å². The molecular weight excluding hydrogens is 250 g/mol. The van der Waals surface area contributed by atoms with Gasteiger partial charge < -0.3 is 15.5 Å². The van der Waals surface area contributed by atoms with E-state index in [0.717, 1.165) is 26.1 Å². The van der Waals surface area contributed by atoms with E-state index in [1.54, 1.807) is 4.90 Å². The Bertz CT molecular complexity index is 420. The lowest BCUT2D eigenvalue weighted by Crippen LogP contribution is -2.32. The summed E-state index contributed by atoms with van der Waals surface area (Å²) in [6, 6.07) is 8.37. The van der Waals surface area contributed by atoms with Crippen molar-refractivity contribution in [2.75, 3.05) is 33.7 Å². The molecule has 0 radical (unpaired) electrons. The number of nitrogens with two attached hydrogens (primary N) is 1. The predicted octanol–water partition coefficient (Wildman–Crippen LogP) is 1.62. The van der Waals surface area contributed by atoms with Crippen LogP contribution in [0.25, 0.3) is 0 Å².